The highest BCUT2D eigenvalue weighted by atomic mass is 19.3. The van der Waals surface area contributed by atoms with E-state index in [1.807, 2.05) is 30.0 Å². The van der Waals surface area contributed by atoms with Gasteiger partial charge in [0.25, 0.3) is 5.92 Å². The van der Waals surface area contributed by atoms with Gasteiger partial charge in [0.1, 0.15) is 11.6 Å². The summed E-state index contributed by atoms with van der Waals surface area (Å²) in [6, 6.07) is 7.71. The quantitative estimate of drug-likeness (QED) is 0.377. The maximum atomic E-state index is 13.3. The fourth-order valence-electron chi connectivity index (χ4n) is 4.13. The number of pyridine rings is 2. The molecule has 3 aromatic heterocycles. The first-order valence-electron chi connectivity index (χ1n) is 11.2. The second kappa shape index (κ2) is 9.38. The van der Waals surface area contributed by atoms with E-state index in [-0.39, 0.29) is 6.04 Å². The molecule has 34 heavy (non-hydrogen) atoms. The number of H-pyrrole nitrogens is 1. The van der Waals surface area contributed by atoms with Crippen LogP contribution in [0.1, 0.15) is 36.7 Å². The van der Waals surface area contributed by atoms with Crippen LogP contribution in [0.3, 0.4) is 0 Å². The molecular formula is C24H30F2N8. The average molecular weight is 469 g/mol. The first kappa shape index (κ1) is 23.6. The van der Waals surface area contributed by atoms with Gasteiger partial charge in [-0.05, 0) is 56.5 Å². The van der Waals surface area contributed by atoms with E-state index in [1.54, 1.807) is 6.07 Å². The molecule has 180 valence electrons. The number of aromatic amines is 1. The molecule has 0 saturated carbocycles. The number of hydrogen-bond acceptors (Lipinski definition) is 7. The third-order valence-corrected chi connectivity index (χ3v) is 5.83. The molecule has 1 atom stereocenters. The van der Waals surface area contributed by atoms with E-state index in [4.69, 9.17) is 10.7 Å². The molecule has 0 amide bonds. The predicted octanol–water partition coefficient (Wildman–Crippen LogP) is 3.93. The Kier molecular flexibility index (Phi) is 6.52. The van der Waals surface area contributed by atoms with Crippen LogP contribution < -0.4 is 21.3 Å². The summed E-state index contributed by atoms with van der Waals surface area (Å²) in [7, 11) is 0. The Morgan fingerprint density at radius 3 is 2.79 bits per heavy atom. The number of nitrogens with one attached hydrogen (secondary N) is 3. The summed E-state index contributed by atoms with van der Waals surface area (Å²) in [6.45, 7) is 10.9. The van der Waals surface area contributed by atoms with Crippen LogP contribution in [-0.2, 0) is 6.42 Å². The van der Waals surface area contributed by atoms with Gasteiger partial charge in [0.15, 0.2) is 11.5 Å². The average Bonchev–Trinajstić information content (AvgIpc) is 3.18. The van der Waals surface area contributed by atoms with Crippen LogP contribution in [0, 0.1) is 6.92 Å². The van der Waals surface area contributed by atoms with Gasteiger partial charge < -0.3 is 21.3 Å². The van der Waals surface area contributed by atoms with Crippen LogP contribution in [0.15, 0.2) is 43.2 Å². The molecule has 1 aliphatic heterocycles. The van der Waals surface area contributed by atoms with Crippen LogP contribution in [0.2, 0.25) is 0 Å². The topological polar surface area (TPSA) is 108 Å². The summed E-state index contributed by atoms with van der Waals surface area (Å²) in [4.78, 5) is 11.3. The van der Waals surface area contributed by atoms with Crippen molar-refractivity contribution in [3.05, 3.63) is 60.2 Å². The van der Waals surface area contributed by atoms with Gasteiger partial charge in [-0.1, -0.05) is 19.2 Å². The largest absolute Gasteiger partial charge is 0.378 e. The number of rotatable bonds is 9. The smallest absolute Gasteiger partial charge is 0.262 e. The number of aryl methyl sites for hydroxylation is 2. The van der Waals surface area contributed by atoms with Gasteiger partial charge in [-0.15, -0.1) is 0 Å². The molecule has 0 saturated heterocycles. The van der Waals surface area contributed by atoms with Crippen LogP contribution in [0.4, 0.5) is 20.4 Å². The minimum absolute atomic E-state index is 0.0759. The Balaban J connectivity index is 1.64. The highest BCUT2D eigenvalue weighted by Crippen LogP contribution is 2.34. The zero-order valence-electron chi connectivity index (χ0n) is 19.5. The lowest BCUT2D eigenvalue weighted by Gasteiger charge is -2.39. The number of hydrogen-bond donors (Lipinski definition) is 4. The molecule has 0 spiro atoms. The molecule has 0 bridgehead atoms. The normalized spacial score (nSPS) is 15.8. The van der Waals surface area contributed by atoms with Gasteiger partial charge in [-0.25, -0.2) is 18.7 Å². The molecule has 0 fully saturated rings. The van der Waals surface area contributed by atoms with Crippen molar-refractivity contribution in [2.45, 2.75) is 45.1 Å². The van der Waals surface area contributed by atoms with Gasteiger partial charge in [0.2, 0.25) is 0 Å². The van der Waals surface area contributed by atoms with Crippen LogP contribution in [-0.4, -0.2) is 45.2 Å². The van der Waals surface area contributed by atoms with E-state index in [9.17, 15) is 8.78 Å². The minimum Gasteiger partial charge on any atom is -0.378 e. The molecule has 5 N–H and O–H groups in total. The van der Waals surface area contributed by atoms with Gasteiger partial charge >= 0.3 is 0 Å². The molecule has 0 aromatic carbocycles. The number of halogens is 2. The summed E-state index contributed by atoms with van der Waals surface area (Å²) < 4.78 is 26.6. The molecule has 10 heteroatoms. The highest BCUT2D eigenvalue weighted by Gasteiger charge is 2.30. The van der Waals surface area contributed by atoms with Crippen molar-refractivity contribution < 1.29 is 8.78 Å². The van der Waals surface area contributed by atoms with E-state index in [0.29, 0.717) is 41.0 Å². The monoisotopic (exact) mass is 468 g/mol. The maximum absolute atomic E-state index is 13.3. The third kappa shape index (κ3) is 5.01. The first-order valence-corrected chi connectivity index (χ1v) is 11.2. The Hall–Kier alpha value is -3.53. The summed E-state index contributed by atoms with van der Waals surface area (Å²) >= 11 is 0. The van der Waals surface area contributed by atoms with Gasteiger partial charge in [-0.3, -0.25) is 5.10 Å². The van der Waals surface area contributed by atoms with E-state index >= 15 is 0 Å². The fraction of sp³-hybridized carbons (Fsp3) is 0.375. The molecular weight excluding hydrogens is 438 g/mol. The van der Waals surface area contributed by atoms with Crippen molar-refractivity contribution in [2.24, 2.45) is 5.73 Å². The van der Waals surface area contributed by atoms with Crippen molar-refractivity contribution in [3.8, 4) is 0 Å². The van der Waals surface area contributed by atoms with Crippen molar-refractivity contribution >= 4 is 28.4 Å². The van der Waals surface area contributed by atoms with E-state index in [1.165, 1.54) is 0 Å². The Bertz CT molecular complexity index is 1210. The second-order valence-corrected chi connectivity index (χ2v) is 8.71. The number of alkyl halides is 2. The maximum Gasteiger partial charge on any atom is 0.262 e. The number of nitrogens with zero attached hydrogens (tertiary/aromatic N) is 4. The molecule has 0 unspecified atom stereocenters. The third-order valence-electron chi connectivity index (χ3n) is 5.83. The molecule has 4 rings (SSSR count). The summed E-state index contributed by atoms with van der Waals surface area (Å²) in [5.41, 5.74) is 9.36. The summed E-state index contributed by atoms with van der Waals surface area (Å²) in [6.07, 6.45) is 2.46. The molecule has 8 nitrogen and oxygen atoms in total. The Labute approximate surface area is 197 Å². The molecule has 0 aliphatic carbocycles. The zero-order valence-corrected chi connectivity index (χ0v) is 19.5. The molecule has 0 radical (unpaired) electrons. The lowest BCUT2D eigenvalue weighted by atomic mass is 9.96. The highest BCUT2D eigenvalue weighted by molar-refractivity contribution is 5.88. The van der Waals surface area contributed by atoms with Gasteiger partial charge in [0, 0.05) is 18.7 Å². The number of nitrogens with two attached hydrogens (primary N) is 1. The van der Waals surface area contributed by atoms with Gasteiger partial charge in [-0.2, -0.15) is 5.10 Å². The molecule has 1 aliphatic rings. The Morgan fingerprint density at radius 1 is 1.26 bits per heavy atom. The van der Waals surface area contributed by atoms with E-state index < -0.39 is 12.5 Å². The van der Waals surface area contributed by atoms with Crippen LogP contribution >= 0.6 is 0 Å². The van der Waals surface area contributed by atoms with E-state index in [2.05, 4.69) is 39.0 Å². The second-order valence-electron chi connectivity index (χ2n) is 8.71. The number of anilines is 2. The summed E-state index contributed by atoms with van der Waals surface area (Å²) in [5, 5.41) is 14.1. The van der Waals surface area contributed by atoms with Gasteiger partial charge in [0.05, 0.1) is 23.3 Å². The zero-order chi connectivity index (χ0) is 24.5. The van der Waals surface area contributed by atoms with Crippen LogP contribution in [0.25, 0.3) is 16.7 Å². The van der Waals surface area contributed by atoms with Crippen molar-refractivity contribution in [3.63, 3.8) is 0 Å². The SMILES string of the molecule is C=C(NCC(C)(F)F)c1ccc2c(n1)N(C(=C)Nc1n[nH]c3nc(C)ccc13)[C@@H](CCN)CC2. The van der Waals surface area contributed by atoms with Crippen LogP contribution in [0.5, 0.6) is 0 Å². The number of aromatic nitrogens is 4. The standard InChI is InChI=1S/C24H30F2N8/c1-14-5-9-19-21(29-14)32-33-22(19)30-16(3)34-18(11-12-27)8-6-17-7-10-20(31-23(17)34)15(2)28-13-24(4,25)26/h5,7,9-10,18,28H,2-3,6,8,11-13,27H2,1,4H3,(H2,29,30,32,33)/t18-/m1/s1. The van der Waals surface area contributed by atoms with Crippen molar-refractivity contribution in [1.82, 2.24) is 25.5 Å². The Morgan fingerprint density at radius 2 is 2.06 bits per heavy atom. The molecule has 4 heterocycles. The van der Waals surface area contributed by atoms with E-state index in [0.717, 1.165) is 42.8 Å². The lowest BCUT2D eigenvalue weighted by molar-refractivity contribution is 0.0267. The minimum atomic E-state index is -2.85. The predicted molar refractivity (Wildman–Crippen MR) is 132 cm³/mol. The summed E-state index contributed by atoms with van der Waals surface area (Å²) in [5.74, 6) is -0.942. The lowest BCUT2D eigenvalue weighted by Crippen LogP contribution is -2.42. The van der Waals surface area contributed by atoms with Crippen molar-refractivity contribution in [1.29, 1.82) is 0 Å². The number of fused-ring (bicyclic) bond motifs is 2. The molecule has 3 aromatic rings. The fourth-order valence-corrected chi connectivity index (χ4v) is 4.13. The van der Waals surface area contributed by atoms with Crippen molar-refractivity contribution in [2.75, 3.05) is 23.3 Å². The first-order chi connectivity index (χ1) is 16.2.